The molecule has 0 bridgehead atoms. The maximum atomic E-state index is 11.1. The smallest absolute Gasteiger partial charge is 0.328 e. The van der Waals surface area contributed by atoms with E-state index in [-0.39, 0.29) is 0 Å². The number of carbonyl (C=O) groups excluding carboxylic acids is 1. The van der Waals surface area contributed by atoms with Crippen LogP contribution in [0.2, 0.25) is 0 Å². The summed E-state index contributed by atoms with van der Waals surface area (Å²) in [6, 6.07) is 7.73. The summed E-state index contributed by atoms with van der Waals surface area (Å²) in [5.41, 5.74) is 2.10. The largest absolute Gasteiger partial charge is 0.478 e. The fourth-order valence-corrected chi connectivity index (χ4v) is 1.22. The van der Waals surface area contributed by atoms with Crippen LogP contribution in [-0.2, 0) is 16.1 Å². The minimum absolute atomic E-state index is 0.393. The number of benzene rings is 1. The van der Waals surface area contributed by atoms with Crippen LogP contribution in [0.4, 0.5) is 0 Å². The van der Waals surface area contributed by atoms with E-state index in [0.29, 0.717) is 6.54 Å². The van der Waals surface area contributed by atoms with Gasteiger partial charge in [0.1, 0.15) is 0 Å². The lowest BCUT2D eigenvalue weighted by Gasteiger charge is -2.03. The molecule has 4 nitrogen and oxygen atoms in total. The predicted molar refractivity (Wildman–Crippen MR) is 59.8 cm³/mol. The summed E-state index contributed by atoms with van der Waals surface area (Å²) in [5.74, 6) is -1.55. The summed E-state index contributed by atoms with van der Waals surface area (Å²) < 4.78 is 0. The van der Waals surface area contributed by atoms with Crippen molar-refractivity contribution in [3.05, 3.63) is 47.5 Å². The Balaban J connectivity index is 2.46. The summed E-state index contributed by atoms with van der Waals surface area (Å²) in [4.78, 5) is 21.3. The van der Waals surface area contributed by atoms with Crippen molar-refractivity contribution in [1.82, 2.24) is 5.32 Å². The van der Waals surface area contributed by atoms with Gasteiger partial charge in [0.05, 0.1) is 0 Å². The number of nitrogens with one attached hydrogen (secondary N) is 1. The van der Waals surface area contributed by atoms with Crippen LogP contribution in [0.25, 0.3) is 0 Å². The molecule has 0 fully saturated rings. The van der Waals surface area contributed by atoms with Crippen molar-refractivity contribution in [3.63, 3.8) is 0 Å². The quantitative estimate of drug-likeness (QED) is 0.749. The molecule has 0 aromatic heterocycles. The van der Waals surface area contributed by atoms with Crippen LogP contribution >= 0.6 is 0 Å². The Morgan fingerprint density at radius 3 is 2.75 bits per heavy atom. The van der Waals surface area contributed by atoms with E-state index < -0.39 is 11.9 Å². The number of amides is 1. The molecule has 0 aliphatic carbocycles. The molecule has 1 aromatic rings. The Hall–Kier alpha value is -2.10. The lowest BCUT2D eigenvalue weighted by Crippen LogP contribution is -2.20. The van der Waals surface area contributed by atoms with E-state index in [9.17, 15) is 9.59 Å². The summed E-state index contributed by atoms with van der Waals surface area (Å²) >= 11 is 0. The van der Waals surface area contributed by atoms with Crippen LogP contribution in [0.15, 0.2) is 36.4 Å². The third kappa shape index (κ3) is 4.41. The summed E-state index contributed by atoms with van der Waals surface area (Å²) in [6.45, 7) is 2.36. The normalized spacial score (nSPS) is 10.3. The van der Waals surface area contributed by atoms with Gasteiger partial charge in [-0.25, -0.2) is 4.79 Å². The van der Waals surface area contributed by atoms with Gasteiger partial charge in [-0.2, -0.15) is 0 Å². The number of hydrogen-bond acceptors (Lipinski definition) is 2. The van der Waals surface area contributed by atoms with E-state index >= 15 is 0 Å². The third-order valence-corrected chi connectivity index (χ3v) is 1.93. The molecule has 84 valence electrons. The zero-order chi connectivity index (χ0) is 12.0. The minimum Gasteiger partial charge on any atom is -0.478 e. The molecule has 4 heteroatoms. The van der Waals surface area contributed by atoms with Crippen molar-refractivity contribution >= 4 is 11.9 Å². The van der Waals surface area contributed by atoms with E-state index in [1.54, 1.807) is 0 Å². The summed E-state index contributed by atoms with van der Waals surface area (Å²) in [6.07, 6.45) is 1.81. The highest BCUT2D eigenvalue weighted by Crippen LogP contribution is 2.02. The number of aryl methyl sites for hydroxylation is 1. The van der Waals surface area contributed by atoms with Gasteiger partial charge in [0.15, 0.2) is 0 Å². The topological polar surface area (TPSA) is 66.4 Å². The number of carbonyl (C=O) groups is 2. The lowest BCUT2D eigenvalue weighted by molar-refractivity contribution is -0.131. The molecule has 0 heterocycles. The first-order valence-corrected chi connectivity index (χ1v) is 4.82. The average molecular weight is 219 g/mol. The number of aliphatic carboxylic acids is 1. The molecule has 16 heavy (non-hydrogen) atoms. The Morgan fingerprint density at radius 2 is 2.12 bits per heavy atom. The van der Waals surface area contributed by atoms with Gasteiger partial charge >= 0.3 is 5.97 Å². The van der Waals surface area contributed by atoms with Gasteiger partial charge in [0, 0.05) is 18.7 Å². The minimum atomic E-state index is -1.13. The molecule has 0 spiro atoms. The first-order valence-electron chi connectivity index (χ1n) is 4.82. The fourth-order valence-electron chi connectivity index (χ4n) is 1.22. The third-order valence-electron chi connectivity index (χ3n) is 1.93. The number of rotatable bonds is 4. The highest BCUT2D eigenvalue weighted by Gasteiger charge is 1.97. The van der Waals surface area contributed by atoms with Crippen LogP contribution in [0.1, 0.15) is 11.1 Å². The van der Waals surface area contributed by atoms with E-state index in [1.807, 2.05) is 31.2 Å². The van der Waals surface area contributed by atoms with Gasteiger partial charge in [0.2, 0.25) is 5.91 Å². The molecule has 0 radical (unpaired) electrons. The van der Waals surface area contributed by atoms with Crippen LogP contribution in [0.5, 0.6) is 0 Å². The number of hydrogen-bond donors (Lipinski definition) is 2. The summed E-state index contributed by atoms with van der Waals surface area (Å²) in [7, 11) is 0. The molecule has 1 rings (SSSR count). The van der Waals surface area contributed by atoms with E-state index in [0.717, 1.165) is 23.3 Å². The first-order chi connectivity index (χ1) is 7.58. The SMILES string of the molecule is Cc1cccc(CNC(=O)/C=C/C(=O)O)c1. The van der Waals surface area contributed by atoms with Crippen molar-refractivity contribution in [2.75, 3.05) is 0 Å². The predicted octanol–water partition coefficient (Wildman–Crippen LogP) is 1.25. The standard InChI is InChI=1S/C12H13NO3/c1-9-3-2-4-10(7-9)8-13-11(14)5-6-12(15)16/h2-7H,8H2,1H3,(H,13,14)(H,15,16)/b6-5+. The van der Waals surface area contributed by atoms with Gasteiger partial charge < -0.3 is 10.4 Å². The second-order valence-electron chi connectivity index (χ2n) is 3.38. The molecule has 0 aliphatic heterocycles. The zero-order valence-electron chi connectivity index (χ0n) is 8.93. The van der Waals surface area contributed by atoms with Gasteiger partial charge in [-0.3, -0.25) is 4.79 Å². The van der Waals surface area contributed by atoms with E-state index in [2.05, 4.69) is 5.32 Å². The van der Waals surface area contributed by atoms with Crippen LogP contribution in [0.3, 0.4) is 0 Å². The maximum absolute atomic E-state index is 11.1. The van der Waals surface area contributed by atoms with Gasteiger partial charge in [-0.05, 0) is 12.5 Å². The molecule has 0 saturated carbocycles. The molecule has 0 saturated heterocycles. The zero-order valence-corrected chi connectivity index (χ0v) is 8.93. The molecular weight excluding hydrogens is 206 g/mol. The maximum Gasteiger partial charge on any atom is 0.328 e. The van der Waals surface area contributed by atoms with E-state index in [1.165, 1.54) is 0 Å². The lowest BCUT2D eigenvalue weighted by atomic mass is 10.1. The number of carboxylic acids is 1. The van der Waals surface area contributed by atoms with Crippen LogP contribution in [-0.4, -0.2) is 17.0 Å². The molecule has 0 aliphatic rings. The van der Waals surface area contributed by atoms with Crippen molar-refractivity contribution in [2.45, 2.75) is 13.5 Å². The number of carboxylic acid groups (broad SMARTS) is 1. The monoisotopic (exact) mass is 219 g/mol. The van der Waals surface area contributed by atoms with Crippen LogP contribution < -0.4 is 5.32 Å². The summed E-state index contributed by atoms with van der Waals surface area (Å²) in [5, 5.41) is 10.9. The van der Waals surface area contributed by atoms with Gasteiger partial charge in [0.25, 0.3) is 0 Å². The Bertz CT molecular complexity index is 424. The van der Waals surface area contributed by atoms with Crippen LogP contribution in [0, 0.1) is 6.92 Å². The van der Waals surface area contributed by atoms with Gasteiger partial charge in [-0.15, -0.1) is 0 Å². The molecule has 0 unspecified atom stereocenters. The van der Waals surface area contributed by atoms with Crippen molar-refractivity contribution in [3.8, 4) is 0 Å². The highest BCUT2D eigenvalue weighted by molar-refractivity contribution is 5.93. The second kappa shape index (κ2) is 5.70. The molecule has 0 atom stereocenters. The molecule has 1 amide bonds. The first kappa shape index (κ1) is 12.0. The van der Waals surface area contributed by atoms with Crippen molar-refractivity contribution in [1.29, 1.82) is 0 Å². The average Bonchev–Trinajstić information content (AvgIpc) is 2.23. The Labute approximate surface area is 93.6 Å². The Morgan fingerprint density at radius 1 is 1.38 bits per heavy atom. The van der Waals surface area contributed by atoms with Gasteiger partial charge in [-0.1, -0.05) is 29.8 Å². The second-order valence-corrected chi connectivity index (χ2v) is 3.38. The van der Waals surface area contributed by atoms with E-state index in [4.69, 9.17) is 5.11 Å². The Kier molecular flexibility index (Phi) is 4.27. The van der Waals surface area contributed by atoms with Crippen molar-refractivity contribution in [2.24, 2.45) is 0 Å². The fraction of sp³-hybridized carbons (Fsp3) is 0.167. The molecular formula is C12H13NO3. The molecule has 1 aromatic carbocycles. The van der Waals surface area contributed by atoms with Crippen molar-refractivity contribution < 1.29 is 14.7 Å². The molecule has 2 N–H and O–H groups in total. The highest BCUT2D eigenvalue weighted by atomic mass is 16.4.